The number of nitro benzene ring substituents is 1. The molecule has 1 atom stereocenters. The molecule has 1 N–H and O–H groups in total. The van der Waals surface area contributed by atoms with Gasteiger partial charge in [0.15, 0.2) is 0 Å². The van der Waals surface area contributed by atoms with Crippen molar-refractivity contribution in [1.82, 2.24) is 9.80 Å². The van der Waals surface area contributed by atoms with Gasteiger partial charge >= 0.3 is 0 Å². The van der Waals surface area contributed by atoms with Crippen LogP contribution < -0.4 is 10.1 Å². The average molecular weight is 423 g/mol. The molecule has 0 saturated carbocycles. The first-order valence-electron chi connectivity index (χ1n) is 10.1. The first-order valence-corrected chi connectivity index (χ1v) is 10.1. The first-order chi connectivity index (χ1) is 15.0. The van der Waals surface area contributed by atoms with Crippen LogP contribution in [0.25, 0.3) is 0 Å². The van der Waals surface area contributed by atoms with Crippen LogP contribution in [0.15, 0.2) is 48.5 Å². The molecule has 9 nitrogen and oxygen atoms in total. The highest BCUT2D eigenvalue weighted by atomic mass is 16.6. The fourth-order valence-electron chi connectivity index (χ4n) is 3.63. The van der Waals surface area contributed by atoms with Gasteiger partial charge in [-0.15, -0.1) is 0 Å². The summed E-state index contributed by atoms with van der Waals surface area (Å²) < 4.78 is 5.17. The lowest BCUT2D eigenvalue weighted by Gasteiger charge is -2.37. The number of nitriles is 1. The highest BCUT2D eigenvalue weighted by Gasteiger charge is 2.27. The van der Waals surface area contributed by atoms with E-state index in [-0.39, 0.29) is 24.1 Å². The topological polar surface area (TPSA) is 112 Å². The Hall–Kier alpha value is -3.64. The minimum atomic E-state index is -0.447. The van der Waals surface area contributed by atoms with Crippen molar-refractivity contribution in [2.24, 2.45) is 0 Å². The molecule has 0 aliphatic carbocycles. The molecule has 2 aromatic carbocycles. The van der Waals surface area contributed by atoms with Gasteiger partial charge in [0.2, 0.25) is 5.91 Å². The number of methoxy groups -OCH3 is 1. The zero-order valence-electron chi connectivity index (χ0n) is 17.4. The number of nitro groups is 1. The minimum Gasteiger partial charge on any atom is -0.497 e. The Morgan fingerprint density at radius 2 is 1.87 bits per heavy atom. The molecule has 31 heavy (non-hydrogen) atoms. The third-order valence-electron chi connectivity index (χ3n) is 5.34. The normalized spacial score (nSPS) is 15.0. The van der Waals surface area contributed by atoms with Gasteiger partial charge in [-0.2, -0.15) is 5.26 Å². The molecule has 2 aromatic rings. The zero-order valence-corrected chi connectivity index (χ0v) is 17.4. The van der Waals surface area contributed by atoms with E-state index in [0.29, 0.717) is 38.4 Å². The first kappa shape index (κ1) is 22.1. The van der Waals surface area contributed by atoms with Crippen LogP contribution in [0.3, 0.4) is 0 Å². The van der Waals surface area contributed by atoms with E-state index >= 15 is 0 Å². The summed E-state index contributed by atoms with van der Waals surface area (Å²) in [6.45, 7) is 2.61. The van der Waals surface area contributed by atoms with E-state index in [1.54, 1.807) is 30.2 Å². The smallest absolute Gasteiger partial charge is 0.292 e. The largest absolute Gasteiger partial charge is 0.497 e. The van der Waals surface area contributed by atoms with E-state index in [2.05, 4.69) is 16.3 Å². The molecule has 9 heteroatoms. The van der Waals surface area contributed by atoms with Crippen LogP contribution in [-0.2, 0) is 4.79 Å². The Balaban J connectivity index is 1.49. The molecule has 0 aromatic heterocycles. The number of hydrogen-bond acceptors (Lipinski definition) is 7. The third kappa shape index (κ3) is 5.49. The van der Waals surface area contributed by atoms with Gasteiger partial charge in [-0.25, -0.2) is 0 Å². The molecule has 0 bridgehead atoms. The SMILES string of the molecule is COc1ccc(C(C#N)N2CCN(C(=O)CCNc3ccccc3[N+](=O)[O-])CC2)cc1. The molecule has 1 fully saturated rings. The molecule has 0 radical (unpaired) electrons. The van der Waals surface area contributed by atoms with Crippen molar-refractivity contribution >= 4 is 17.3 Å². The number of nitrogens with one attached hydrogen (secondary N) is 1. The van der Waals surface area contributed by atoms with E-state index < -0.39 is 4.92 Å². The van der Waals surface area contributed by atoms with E-state index in [1.807, 2.05) is 24.3 Å². The fraction of sp³-hybridized carbons (Fsp3) is 0.364. The number of ether oxygens (including phenoxy) is 1. The van der Waals surface area contributed by atoms with E-state index in [4.69, 9.17) is 4.74 Å². The lowest BCUT2D eigenvalue weighted by atomic mass is 10.1. The van der Waals surface area contributed by atoms with Crippen LogP contribution in [0.5, 0.6) is 5.75 Å². The number of carbonyl (C=O) groups excluding carboxylic acids is 1. The van der Waals surface area contributed by atoms with E-state index in [0.717, 1.165) is 11.3 Å². The summed E-state index contributed by atoms with van der Waals surface area (Å²) in [6, 6.07) is 15.8. The quantitative estimate of drug-likeness (QED) is 0.513. The summed E-state index contributed by atoms with van der Waals surface area (Å²) in [5.74, 6) is 0.731. The van der Waals surface area contributed by atoms with Gasteiger partial charge in [0.25, 0.3) is 5.69 Å². The number of nitrogens with zero attached hydrogens (tertiary/aromatic N) is 4. The van der Waals surface area contributed by atoms with Gasteiger partial charge in [-0.3, -0.25) is 19.8 Å². The fourth-order valence-corrected chi connectivity index (χ4v) is 3.63. The number of rotatable bonds is 8. The van der Waals surface area contributed by atoms with Crippen molar-refractivity contribution in [3.8, 4) is 11.8 Å². The van der Waals surface area contributed by atoms with Crippen LogP contribution in [0, 0.1) is 21.4 Å². The molecule has 1 amide bonds. The lowest BCUT2D eigenvalue weighted by molar-refractivity contribution is -0.384. The number of amides is 1. The molecule has 1 heterocycles. The minimum absolute atomic E-state index is 0.00959. The molecule has 1 saturated heterocycles. The number of benzene rings is 2. The van der Waals surface area contributed by atoms with Crippen LogP contribution >= 0.6 is 0 Å². The van der Waals surface area contributed by atoms with Crippen molar-refractivity contribution < 1.29 is 14.5 Å². The van der Waals surface area contributed by atoms with Crippen LogP contribution in [0.4, 0.5) is 11.4 Å². The lowest BCUT2D eigenvalue weighted by Crippen LogP contribution is -2.49. The van der Waals surface area contributed by atoms with Crippen LogP contribution in [-0.4, -0.2) is 60.5 Å². The zero-order chi connectivity index (χ0) is 22.2. The Morgan fingerprint density at radius 3 is 2.48 bits per heavy atom. The molecule has 3 rings (SSSR count). The van der Waals surface area contributed by atoms with Gasteiger partial charge in [-0.1, -0.05) is 24.3 Å². The standard InChI is InChI=1S/C22H25N5O4/c1-31-18-8-6-17(7-9-18)21(16-23)25-12-14-26(15-13-25)22(28)10-11-24-19-4-2-3-5-20(19)27(29)30/h2-9,21,24H,10-15H2,1H3. The van der Waals surface area contributed by atoms with Gasteiger partial charge in [0.05, 0.1) is 18.1 Å². The molecular weight excluding hydrogens is 398 g/mol. The molecule has 1 aliphatic rings. The summed E-state index contributed by atoms with van der Waals surface area (Å²) >= 11 is 0. The number of para-hydroxylation sites is 2. The Kier molecular flexibility index (Phi) is 7.40. The van der Waals surface area contributed by atoms with Crippen molar-refractivity contribution in [3.05, 3.63) is 64.2 Å². The molecular formula is C22H25N5O4. The summed E-state index contributed by atoms with van der Waals surface area (Å²) in [4.78, 5) is 27.0. The van der Waals surface area contributed by atoms with Crippen molar-refractivity contribution in [3.63, 3.8) is 0 Å². The number of hydrogen-bond donors (Lipinski definition) is 1. The van der Waals surface area contributed by atoms with Gasteiger partial charge < -0.3 is 15.0 Å². The number of carbonyl (C=O) groups is 1. The van der Waals surface area contributed by atoms with Crippen LogP contribution in [0.1, 0.15) is 18.0 Å². The van der Waals surface area contributed by atoms with Gasteiger partial charge in [0.1, 0.15) is 17.5 Å². The molecule has 1 aliphatic heterocycles. The summed E-state index contributed by atoms with van der Waals surface area (Å²) in [6.07, 6.45) is 0.242. The Bertz CT molecular complexity index is 949. The van der Waals surface area contributed by atoms with Gasteiger partial charge in [-0.05, 0) is 23.8 Å². The maximum atomic E-state index is 12.5. The highest BCUT2D eigenvalue weighted by Crippen LogP contribution is 2.25. The van der Waals surface area contributed by atoms with Gasteiger partial charge in [0, 0.05) is 45.2 Å². The molecule has 162 valence electrons. The maximum Gasteiger partial charge on any atom is 0.292 e. The third-order valence-corrected chi connectivity index (χ3v) is 5.34. The van der Waals surface area contributed by atoms with Crippen molar-refractivity contribution in [1.29, 1.82) is 5.26 Å². The molecule has 1 unspecified atom stereocenters. The van der Waals surface area contributed by atoms with Crippen molar-refractivity contribution in [2.45, 2.75) is 12.5 Å². The predicted octanol–water partition coefficient (Wildman–Crippen LogP) is 2.81. The highest BCUT2D eigenvalue weighted by molar-refractivity contribution is 5.77. The van der Waals surface area contributed by atoms with E-state index in [1.165, 1.54) is 6.07 Å². The van der Waals surface area contributed by atoms with E-state index in [9.17, 15) is 20.2 Å². The number of piperazine rings is 1. The maximum absolute atomic E-state index is 12.5. The predicted molar refractivity (Wildman–Crippen MR) is 116 cm³/mol. The summed E-state index contributed by atoms with van der Waals surface area (Å²) in [7, 11) is 1.60. The summed E-state index contributed by atoms with van der Waals surface area (Å²) in [5, 5.41) is 23.7. The molecule has 0 spiro atoms. The van der Waals surface area contributed by atoms with Crippen molar-refractivity contribution in [2.75, 3.05) is 45.2 Å². The Morgan fingerprint density at radius 1 is 1.19 bits per heavy atom. The average Bonchev–Trinajstić information content (AvgIpc) is 2.80. The second kappa shape index (κ2) is 10.4. The number of anilines is 1. The second-order valence-corrected chi connectivity index (χ2v) is 7.17. The van der Waals surface area contributed by atoms with Crippen LogP contribution in [0.2, 0.25) is 0 Å². The Labute approximate surface area is 181 Å². The summed E-state index contributed by atoms with van der Waals surface area (Å²) in [5.41, 5.74) is 1.29. The monoisotopic (exact) mass is 423 g/mol. The second-order valence-electron chi connectivity index (χ2n) is 7.17.